The van der Waals surface area contributed by atoms with Crippen LogP contribution in [-0.4, -0.2) is 44.6 Å². The molecule has 6 nitrogen and oxygen atoms in total. The number of hydrogen-bond donors (Lipinski definition) is 2. The molecule has 0 amide bonds. The summed E-state index contributed by atoms with van der Waals surface area (Å²) < 4.78 is 35.5. The lowest BCUT2D eigenvalue weighted by Gasteiger charge is -2.55. The minimum atomic E-state index is -4.29. The lowest BCUT2D eigenvalue weighted by atomic mass is 9.54. The molecular weight excluding hydrogens is 280 g/mol. The summed E-state index contributed by atoms with van der Waals surface area (Å²) in [5.74, 6) is 1.87. The predicted octanol–water partition coefficient (Wildman–Crippen LogP) is 2.11. The van der Waals surface area contributed by atoms with Crippen molar-refractivity contribution < 1.29 is 17.2 Å². The summed E-state index contributed by atoms with van der Waals surface area (Å²) in [5.41, 5.74) is -0.553. The van der Waals surface area contributed by atoms with Crippen molar-refractivity contribution in [3.05, 3.63) is 0 Å². The topological polar surface area (TPSA) is 102 Å². The van der Waals surface area contributed by atoms with Crippen LogP contribution in [0.5, 0.6) is 0 Å². The number of rotatable bonds is 2. The predicted molar refractivity (Wildman–Crippen MR) is 78.2 cm³/mol. The Morgan fingerprint density at radius 2 is 1.30 bits per heavy atom. The Labute approximate surface area is 122 Å². The molecule has 20 heavy (non-hydrogen) atoms. The molecule has 0 aromatic rings. The zero-order chi connectivity index (χ0) is 14.3. The molecule has 0 saturated heterocycles. The van der Waals surface area contributed by atoms with Gasteiger partial charge in [0.25, 0.3) is 0 Å². The van der Waals surface area contributed by atoms with E-state index in [4.69, 9.17) is 8.74 Å². The van der Waals surface area contributed by atoms with E-state index in [9.17, 15) is 8.42 Å². The first-order valence-corrected chi connectivity index (χ1v) is 8.33. The SMILES string of the molecule is CN(C)C.N.O=S(=O)(O)OC12CC3CC(CC(C3)C1)C2. The fourth-order valence-electron chi connectivity index (χ4n) is 4.36. The first kappa shape index (κ1) is 17.8. The summed E-state index contributed by atoms with van der Waals surface area (Å²) in [7, 11) is 1.71. The molecule has 0 aliphatic heterocycles. The van der Waals surface area contributed by atoms with Crippen molar-refractivity contribution in [1.29, 1.82) is 0 Å². The highest BCUT2D eigenvalue weighted by atomic mass is 32.3. The second-order valence-electron chi connectivity index (χ2n) is 6.95. The Hall–Kier alpha value is -0.210. The molecule has 0 aromatic heterocycles. The van der Waals surface area contributed by atoms with E-state index in [1.54, 1.807) is 0 Å². The Kier molecular flexibility index (Phi) is 5.60. The van der Waals surface area contributed by atoms with Gasteiger partial charge in [-0.3, -0.25) is 4.55 Å². The van der Waals surface area contributed by atoms with Gasteiger partial charge in [-0.1, -0.05) is 0 Å². The molecular formula is C13H28N2O4S. The molecule has 0 spiro atoms. The monoisotopic (exact) mass is 308 g/mol. The highest BCUT2D eigenvalue weighted by Gasteiger charge is 2.53. The van der Waals surface area contributed by atoms with Crippen LogP contribution in [0.3, 0.4) is 0 Å². The van der Waals surface area contributed by atoms with Crippen LogP contribution < -0.4 is 6.15 Å². The van der Waals surface area contributed by atoms with Gasteiger partial charge >= 0.3 is 10.4 Å². The molecule has 4 N–H and O–H groups in total. The van der Waals surface area contributed by atoms with Gasteiger partial charge in [0.15, 0.2) is 0 Å². The average Bonchev–Trinajstić information content (AvgIpc) is 2.08. The first-order valence-electron chi connectivity index (χ1n) is 6.96. The van der Waals surface area contributed by atoms with E-state index < -0.39 is 16.0 Å². The van der Waals surface area contributed by atoms with Crippen molar-refractivity contribution in [2.75, 3.05) is 21.1 Å². The van der Waals surface area contributed by atoms with Gasteiger partial charge in [-0.25, -0.2) is 4.18 Å². The fourth-order valence-corrected chi connectivity index (χ4v) is 5.01. The third kappa shape index (κ3) is 4.66. The largest absolute Gasteiger partial charge is 0.397 e. The Balaban J connectivity index is 0.000000359. The van der Waals surface area contributed by atoms with Gasteiger partial charge < -0.3 is 11.1 Å². The van der Waals surface area contributed by atoms with Crippen LogP contribution in [0.4, 0.5) is 0 Å². The molecule has 0 heterocycles. The molecule has 4 bridgehead atoms. The molecule has 4 fully saturated rings. The van der Waals surface area contributed by atoms with E-state index in [0.717, 1.165) is 19.3 Å². The highest BCUT2D eigenvalue weighted by molar-refractivity contribution is 7.80. The maximum Gasteiger partial charge on any atom is 0.397 e. The van der Waals surface area contributed by atoms with Crippen LogP contribution in [0.1, 0.15) is 38.5 Å². The molecule has 0 aromatic carbocycles. The third-order valence-corrected chi connectivity index (χ3v) is 4.83. The van der Waals surface area contributed by atoms with Crippen molar-refractivity contribution in [1.82, 2.24) is 11.1 Å². The summed E-state index contributed by atoms with van der Waals surface area (Å²) in [5, 5.41) is 0. The fraction of sp³-hybridized carbons (Fsp3) is 1.00. The van der Waals surface area contributed by atoms with E-state index in [1.165, 1.54) is 19.3 Å². The second-order valence-corrected chi connectivity index (χ2v) is 7.98. The maximum atomic E-state index is 10.8. The zero-order valence-corrected chi connectivity index (χ0v) is 13.5. The molecule has 4 aliphatic rings. The third-order valence-electron chi connectivity index (χ3n) is 4.26. The number of hydrogen-bond acceptors (Lipinski definition) is 5. The lowest BCUT2D eigenvalue weighted by molar-refractivity contribution is -0.108. The molecule has 7 heteroatoms. The zero-order valence-electron chi connectivity index (χ0n) is 12.7. The van der Waals surface area contributed by atoms with Crippen molar-refractivity contribution in [2.45, 2.75) is 44.1 Å². The number of nitrogens with zero attached hydrogens (tertiary/aromatic N) is 1. The van der Waals surface area contributed by atoms with Gasteiger partial charge in [-0.15, -0.1) is 0 Å². The summed E-state index contributed by atoms with van der Waals surface area (Å²) in [4.78, 5) is 2.00. The normalized spacial score (nSPS) is 38.1. The molecule has 0 atom stereocenters. The van der Waals surface area contributed by atoms with Crippen molar-refractivity contribution in [3.63, 3.8) is 0 Å². The van der Waals surface area contributed by atoms with Crippen LogP contribution >= 0.6 is 0 Å². The van der Waals surface area contributed by atoms with E-state index in [0.29, 0.717) is 17.8 Å². The Bertz CT molecular complexity index is 384. The molecule has 4 rings (SSSR count). The van der Waals surface area contributed by atoms with Crippen LogP contribution in [0.25, 0.3) is 0 Å². The van der Waals surface area contributed by atoms with Gasteiger partial charge in [0.1, 0.15) is 0 Å². The van der Waals surface area contributed by atoms with Crippen LogP contribution in [0, 0.1) is 17.8 Å². The lowest BCUT2D eigenvalue weighted by Crippen LogP contribution is -2.52. The van der Waals surface area contributed by atoms with E-state index in [2.05, 4.69) is 0 Å². The highest BCUT2D eigenvalue weighted by Crippen LogP contribution is 2.57. The van der Waals surface area contributed by atoms with Crippen molar-refractivity contribution >= 4 is 10.4 Å². The summed E-state index contributed by atoms with van der Waals surface area (Å²) in [6.07, 6.45) is 6.15. The van der Waals surface area contributed by atoms with Gasteiger partial charge in [0, 0.05) is 0 Å². The van der Waals surface area contributed by atoms with Crippen LogP contribution in [-0.2, 0) is 14.6 Å². The second kappa shape index (κ2) is 6.27. The minimum Gasteiger partial charge on any atom is -0.344 e. The summed E-state index contributed by atoms with van der Waals surface area (Å²) >= 11 is 0. The van der Waals surface area contributed by atoms with Crippen molar-refractivity contribution in [3.8, 4) is 0 Å². The standard InChI is InChI=1S/C10H16O4S.C3H9N.H3N/c11-15(12,13)14-10-4-7-1-8(5-10)3-9(2-7)6-10;1-4(2)3;/h7-9H,1-6H2,(H,11,12,13);1-3H3;1H3. The average molecular weight is 308 g/mol. The smallest absolute Gasteiger partial charge is 0.344 e. The van der Waals surface area contributed by atoms with Gasteiger partial charge in [0.05, 0.1) is 5.60 Å². The van der Waals surface area contributed by atoms with Gasteiger partial charge in [0.2, 0.25) is 0 Å². The van der Waals surface area contributed by atoms with Gasteiger partial charge in [-0.2, -0.15) is 8.42 Å². The molecule has 4 saturated carbocycles. The van der Waals surface area contributed by atoms with Crippen LogP contribution in [0.2, 0.25) is 0 Å². The Morgan fingerprint density at radius 1 is 1.00 bits per heavy atom. The first-order chi connectivity index (χ1) is 8.67. The minimum absolute atomic E-state index is 0. The molecule has 120 valence electrons. The quantitative estimate of drug-likeness (QED) is 0.758. The maximum absolute atomic E-state index is 10.8. The van der Waals surface area contributed by atoms with E-state index >= 15 is 0 Å². The Morgan fingerprint density at radius 3 is 1.55 bits per heavy atom. The molecule has 4 aliphatic carbocycles. The van der Waals surface area contributed by atoms with Gasteiger partial charge in [-0.05, 0) is 77.4 Å². The van der Waals surface area contributed by atoms with Crippen molar-refractivity contribution in [2.24, 2.45) is 17.8 Å². The molecule has 0 unspecified atom stereocenters. The van der Waals surface area contributed by atoms with Crippen LogP contribution in [0.15, 0.2) is 0 Å². The van der Waals surface area contributed by atoms with E-state index in [-0.39, 0.29) is 6.15 Å². The summed E-state index contributed by atoms with van der Waals surface area (Å²) in [6, 6.07) is 0. The van der Waals surface area contributed by atoms with E-state index in [1.807, 2.05) is 26.0 Å². The molecule has 0 radical (unpaired) electrons. The summed E-state index contributed by atoms with van der Waals surface area (Å²) in [6.45, 7) is 0.